The van der Waals surface area contributed by atoms with E-state index < -0.39 is 17.7 Å². The number of carbonyl (C=O) groups excluding carboxylic acids is 1. The summed E-state index contributed by atoms with van der Waals surface area (Å²) in [5.74, 6) is 0.819. The fourth-order valence-electron chi connectivity index (χ4n) is 5.77. The smallest absolute Gasteiger partial charge is 0.416 e. The zero-order valence-corrected chi connectivity index (χ0v) is 22.0. The zero-order chi connectivity index (χ0) is 27.6. The van der Waals surface area contributed by atoms with Gasteiger partial charge in [-0.1, -0.05) is 30.3 Å². The first-order valence-corrected chi connectivity index (χ1v) is 13.0. The first-order chi connectivity index (χ1) is 18.8. The van der Waals surface area contributed by atoms with Gasteiger partial charge in [0.2, 0.25) is 5.91 Å². The monoisotopic (exact) mass is 539 g/mol. The SMILES string of the molecule is COc1ccccc1CCNC(=O)[C@@H]1Cc2cc(C(F)(F)F)ccc2N2CCN(c3ccccc3OC)C[C@H]12. The molecule has 2 aliphatic rings. The summed E-state index contributed by atoms with van der Waals surface area (Å²) < 4.78 is 51.6. The van der Waals surface area contributed by atoms with Crippen LogP contribution in [0.25, 0.3) is 0 Å². The zero-order valence-electron chi connectivity index (χ0n) is 22.0. The maximum atomic E-state index is 13.6. The van der Waals surface area contributed by atoms with Crippen LogP contribution in [-0.4, -0.2) is 52.3 Å². The van der Waals surface area contributed by atoms with Gasteiger partial charge in [0.25, 0.3) is 0 Å². The number of para-hydroxylation sites is 3. The highest BCUT2D eigenvalue weighted by Crippen LogP contribution is 2.41. The first-order valence-electron chi connectivity index (χ1n) is 13.0. The van der Waals surface area contributed by atoms with Gasteiger partial charge in [0.15, 0.2) is 0 Å². The Labute approximate surface area is 226 Å². The summed E-state index contributed by atoms with van der Waals surface area (Å²) in [6.45, 7) is 2.17. The Hall–Kier alpha value is -3.88. The highest BCUT2D eigenvalue weighted by atomic mass is 19.4. The van der Waals surface area contributed by atoms with Crippen LogP contribution in [0.2, 0.25) is 0 Å². The van der Waals surface area contributed by atoms with Crippen LogP contribution >= 0.6 is 0 Å². The molecule has 3 aromatic rings. The van der Waals surface area contributed by atoms with E-state index >= 15 is 0 Å². The third-order valence-electron chi connectivity index (χ3n) is 7.69. The van der Waals surface area contributed by atoms with Gasteiger partial charge in [-0.15, -0.1) is 0 Å². The molecule has 3 aromatic carbocycles. The van der Waals surface area contributed by atoms with Gasteiger partial charge < -0.3 is 24.6 Å². The number of methoxy groups -OCH3 is 2. The van der Waals surface area contributed by atoms with E-state index in [9.17, 15) is 18.0 Å². The largest absolute Gasteiger partial charge is 0.496 e. The molecule has 2 heterocycles. The number of alkyl halides is 3. The quantitative estimate of drug-likeness (QED) is 0.461. The Balaban J connectivity index is 1.41. The molecule has 2 aliphatic heterocycles. The Bertz CT molecular complexity index is 1330. The predicted octanol–water partition coefficient (Wildman–Crippen LogP) is 4.95. The Kier molecular flexibility index (Phi) is 7.59. The molecule has 0 aromatic heterocycles. The van der Waals surface area contributed by atoms with Crippen molar-refractivity contribution in [3.05, 3.63) is 83.4 Å². The second kappa shape index (κ2) is 11.1. The minimum Gasteiger partial charge on any atom is -0.496 e. The van der Waals surface area contributed by atoms with E-state index in [2.05, 4.69) is 15.1 Å². The van der Waals surface area contributed by atoms with E-state index in [-0.39, 0.29) is 18.4 Å². The average Bonchev–Trinajstić information content (AvgIpc) is 2.95. The van der Waals surface area contributed by atoms with E-state index in [4.69, 9.17) is 9.47 Å². The summed E-state index contributed by atoms with van der Waals surface area (Å²) in [6, 6.07) is 19.1. The summed E-state index contributed by atoms with van der Waals surface area (Å²) >= 11 is 0. The minimum atomic E-state index is -4.44. The number of ether oxygens (including phenoxy) is 2. The van der Waals surface area contributed by atoms with Crippen molar-refractivity contribution in [3.63, 3.8) is 0 Å². The van der Waals surface area contributed by atoms with Crippen LogP contribution in [0.1, 0.15) is 16.7 Å². The molecule has 39 heavy (non-hydrogen) atoms. The van der Waals surface area contributed by atoms with Gasteiger partial charge in [-0.3, -0.25) is 4.79 Å². The summed E-state index contributed by atoms with van der Waals surface area (Å²) in [5.41, 5.74) is 2.55. The van der Waals surface area contributed by atoms with Crippen molar-refractivity contribution in [1.82, 2.24) is 5.32 Å². The standard InChI is InChI=1S/C30H32F3N3O3/c1-38-27-9-5-3-7-20(27)13-14-34-29(37)23-18-21-17-22(30(31,32)33)11-12-24(21)36-16-15-35(19-26(23)36)25-8-4-6-10-28(25)39-2/h3-12,17,23,26H,13-16,18-19H2,1-2H3,(H,34,37)/t23-,26-/m1/s1. The van der Waals surface area contributed by atoms with Crippen LogP contribution in [0.4, 0.5) is 24.5 Å². The van der Waals surface area contributed by atoms with Crippen LogP contribution in [0.5, 0.6) is 11.5 Å². The van der Waals surface area contributed by atoms with Crippen LogP contribution in [0.3, 0.4) is 0 Å². The molecule has 1 saturated heterocycles. The van der Waals surface area contributed by atoms with Gasteiger partial charge in [-0.2, -0.15) is 13.2 Å². The summed E-state index contributed by atoms with van der Waals surface area (Å²) in [7, 11) is 3.24. The molecule has 0 unspecified atom stereocenters. The van der Waals surface area contributed by atoms with Crippen molar-refractivity contribution in [2.24, 2.45) is 5.92 Å². The summed E-state index contributed by atoms with van der Waals surface area (Å²) in [5, 5.41) is 3.05. The van der Waals surface area contributed by atoms with Gasteiger partial charge in [0, 0.05) is 31.9 Å². The number of rotatable bonds is 7. The number of piperazine rings is 1. The Morgan fingerprint density at radius 3 is 2.41 bits per heavy atom. The second-order valence-corrected chi connectivity index (χ2v) is 9.88. The van der Waals surface area contributed by atoms with E-state index in [1.54, 1.807) is 20.3 Å². The highest BCUT2D eigenvalue weighted by Gasteiger charge is 2.43. The van der Waals surface area contributed by atoms with Gasteiger partial charge in [-0.05, 0) is 60.4 Å². The van der Waals surface area contributed by atoms with Crippen molar-refractivity contribution < 1.29 is 27.4 Å². The molecule has 9 heteroatoms. The van der Waals surface area contributed by atoms with E-state index in [1.807, 2.05) is 48.5 Å². The molecule has 0 aliphatic carbocycles. The van der Waals surface area contributed by atoms with Crippen molar-refractivity contribution >= 4 is 17.3 Å². The number of fused-ring (bicyclic) bond motifs is 3. The van der Waals surface area contributed by atoms with E-state index in [0.29, 0.717) is 38.2 Å². The minimum absolute atomic E-state index is 0.162. The molecule has 2 atom stereocenters. The van der Waals surface area contributed by atoms with Crippen molar-refractivity contribution in [1.29, 1.82) is 0 Å². The van der Waals surface area contributed by atoms with Crippen LogP contribution < -0.4 is 24.6 Å². The number of benzene rings is 3. The van der Waals surface area contributed by atoms with Crippen LogP contribution in [0.15, 0.2) is 66.7 Å². The molecule has 1 fully saturated rings. The van der Waals surface area contributed by atoms with Crippen LogP contribution in [0, 0.1) is 5.92 Å². The summed E-state index contributed by atoms with van der Waals surface area (Å²) in [4.78, 5) is 17.9. The molecule has 5 rings (SSSR count). The molecule has 0 radical (unpaired) electrons. The highest BCUT2D eigenvalue weighted by molar-refractivity contribution is 5.82. The Morgan fingerprint density at radius 2 is 1.67 bits per heavy atom. The van der Waals surface area contributed by atoms with Gasteiger partial charge in [0.1, 0.15) is 11.5 Å². The molecular formula is C30H32F3N3O3. The first kappa shape index (κ1) is 26.7. The summed E-state index contributed by atoms with van der Waals surface area (Å²) in [6.07, 6.45) is -3.62. The third kappa shape index (κ3) is 5.48. The number of nitrogens with one attached hydrogen (secondary N) is 1. The van der Waals surface area contributed by atoms with Crippen molar-refractivity contribution in [2.75, 3.05) is 50.2 Å². The molecule has 1 N–H and O–H groups in total. The molecule has 0 saturated carbocycles. The lowest BCUT2D eigenvalue weighted by atomic mass is 9.82. The number of anilines is 2. The number of nitrogens with zero attached hydrogens (tertiary/aromatic N) is 2. The molecule has 1 amide bonds. The predicted molar refractivity (Wildman–Crippen MR) is 145 cm³/mol. The molecule has 6 nitrogen and oxygen atoms in total. The fraction of sp³-hybridized carbons (Fsp3) is 0.367. The van der Waals surface area contributed by atoms with E-state index in [1.165, 1.54) is 6.07 Å². The maximum Gasteiger partial charge on any atom is 0.416 e. The molecular weight excluding hydrogens is 507 g/mol. The number of amides is 1. The lowest BCUT2D eigenvalue weighted by Crippen LogP contribution is -2.61. The molecule has 206 valence electrons. The lowest BCUT2D eigenvalue weighted by Gasteiger charge is -2.49. The Morgan fingerprint density at radius 1 is 0.949 bits per heavy atom. The van der Waals surface area contributed by atoms with Gasteiger partial charge in [0.05, 0.1) is 37.4 Å². The van der Waals surface area contributed by atoms with Crippen molar-refractivity contribution in [3.8, 4) is 11.5 Å². The van der Waals surface area contributed by atoms with Crippen LogP contribution in [-0.2, 0) is 23.8 Å². The number of carbonyl (C=O) groups is 1. The normalized spacial score (nSPS) is 18.7. The van der Waals surface area contributed by atoms with Gasteiger partial charge >= 0.3 is 6.18 Å². The third-order valence-corrected chi connectivity index (χ3v) is 7.69. The number of hydrogen-bond donors (Lipinski definition) is 1. The topological polar surface area (TPSA) is 54.0 Å². The fourth-order valence-corrected chi connectivity index (χ4v) is 5.77. The number of hydrogen-bond acceptors (Lipinski definition) is 5. The van der Waals surface area contributed by atoms with E-state index in [0.717, 1.165) is 34.5 Å². The maximum absolute atomic E-state index is 13.6. The van der Waals surface area contributed by atoms with Crippen molar-refractivity contribution in [2.45, 2.75) is 25.1 Å². The second-order valence-electron chi connectivity index (χ2n) is 9.88. The average molecular weight is 540 g/mol. The number of halogens is 3. The molecule has 0 bridgehead atoms. The molecule has 0 spiro atoms. The lowest BCUT2D eigenvalue weighted by molar-refractivity contribution is -0.137. The van der Waals surface area contributed by atoms with Gasteiger partial charge in [-0.25, -0.2) is 0 Å².